The minimum atomic E-state index is -0.924. The predicted molar refractivity (Wildman–Crippen MR) is 72.1 cm³/mol. The van der Waals surface area contributed by atoms with Crippen molar-refractivity contribution in [2.24, 2.45) is 11.0 Å². The number of pyridine rings is 1. The fraction of sp³-hybridized carbons (Fsp3) is 0. The molecule has 1 amide bonds. The van der Waals surface area contributed by atoms with Gasteiger partial charge < -0.3 is 0 Å². The van der Waals surface area contributed by atoms with Crippen LogP contribution in [0.5, 0.6) is 0 Å². The molecule has 2 aromatic rings. The van der Waals surface area contributed by atoms with Crippen molar-refractivity contribution >= 4 is 29.0 Å². The summed E-state index contributed by atoms with van der Waals surface area (Å²) in [6.07, 6.45) is 1.46. The van der Waals surface area contributed by atoms with Gasteiger partial charge in [-0.15, -0.1) is 4.91 Å². The summed E-state index contributed by atoms with van der Waals surface area (Å²) in [5.74, 6) is 5.12. The lowest BCUT2D eigenvalue weighted by atomic mass is 10.2. The van der Waals surface area contributed by atoms with Crippen LogP contribution >= 0.6 is 11.6 Å². The van der Waals surface area contributed by atoms with E-state index < -0.39 is 5.91 Å². The van der Waals surface area contributed by atoms with Crippen molar-refractivity contribution in [3.05, 3.63) is 58.1 Å². The second-order valence-corrected chi connectivity index (χ2v) is 4.05. The van der Waals surface area contributed by atoms with E-state index in [1.165, 1.54) is 23.3 Å². The van der Waals surface area contributed by atoms with Crippen LogP contribution in [0, 0.1) is 4.91 Å². The highest BCUT2D eigenvalue weighted by Gasteiger charge is 2.17. The lowest BCUT2D eigenvalue weighted by Gasteiger charge is -2.19. The second kappa shape index (κ2) is 5.55. The molecule has 0 aliphatic rings. The van der Waals surface area contributed by atoms with Gasteiger partial charge in [0.15, 0.2) is 5.82 Å². The number of benzene rings is 1. The number of aromatic nitrogens is 1. The Kier molecular flexibility index (Phi) is 3.84. The van der Waals surface area contributed by atoms with E-state index in [-0.39, 0.29) is 11.4 Å². The molecule has 2 N–H and O–H groups in total. The van der Waals surface area contributed by atoms with Gasteiger partial charge in [0.05, 0.1) is 11.3 Å². The van der Waals surface area contributed by atoms with Crippen molar-refractivity contribution in [2.45, 2.75) is 0 Å². The summed E-state index contributed by atoms with van der Waals surface area (Å²) in [6.45, 7) is 0. The van der Waals surface area contributed by atoms with E-state index in [2.05, 4.69) is 10.2 Å². The number of hydrogen-bond acceptors (Lipinski definition) is 5. The molecule has 0 spiro atoms. The summed E-state index contributed by atoms with van der Waals surface area (Å²) in [5, 5.41) is 4.13. The number of anilines is 2. The van der Waals surface area contributed by atoms with Crippen LogP contribution in [0.4, 0.5) is 11.5 Å². The number of carbonyl (C=O) groups is 1. The predicted octanol–water partition coefficient (Wildman–Crippen LogP) is 2.65. The van der Waals surface area contributed by atoms with Gasteiger partial charge in [0.1, 0.15) is 0 Å². The van der Waals surface area contributed by atoms with Gasteiger partial charge in [-0.1, -0.05) is 11.6 Å². The van der Waals surface area contributed by atoms with Crippen LogP contribution in [0.15, 0.2) is 47.8 Å². The number of nitroso groups, excluding NO2 is 1. The highest BCUT2D eigenvalue weighted by molar-refractivity contribution is 6.30. The van der Waals surface area contributed by atoms with Crippen LogP contribution in [0.25, 0.3) is 0 Å². The molecule has 0 aliphatic carbocycles. The first-order valence-corrected chi connectivity index (χ1v) is 5.64. The van der Waals surface area contributed by atoms with Crippen LogP contribution in [0.2, 0.25) is 5.02 Å². The summed E-state index contributed by atoms with van der Waals surface area (Å²) >= 11 is 5.78. The van der Waals surface area contributed by atoms with E-state index in [4.69, 9.17) is 17.4 Å². The van der Waals surface area contributed by atoms with Crippen molar-refractivity contribution in [1.82, 2.24) is 4.98 Å². The summed E-state index contributed by atoms with van der Waals surface area (Å²) in [5.41, 5.74) is 0.609. The minimum absolute atomic E-state index is 0.0370. The molecule has 1 aromatic heterocycles. The molecular formula is C12H9ClN4O2. The molecule has 0 fully saturated rings. The van der Waals surface area contributed by atoms with Gasteiger partial charge in [-0.05, 0) is 36.4 Å². The smallest absolute Gasteiger partial charge is 0.263 e. The van der Waals surface area contributed by atoms with E-state index in [1.807, 2.05) is 0 Å². The number of hydrazine groups is 1. The first kappa shape index (κ1) is 13.1. The lowest BCUT2D eigenvalue weighted by molar-refractivity contribution is 0.100. The monoisotopic (exact) mass is 276 g/mol. The molecule has 1 aromatic carbocycles. The average Bonchev–Trinajstić information content (AvgIpc) is 2.46. The number of nitrogens with two attached hydrogens (primary N) is 1. The molecule has 1 heterocycles. The Morgan fingerprint density at radius 1 is 1.26 bits per heavy atom. The molecule has 0 atom stereocenters. The van der Waals surface area contributed by atoms with Gasteiger partial charge in [0.2, 0.25) is 0 Å². The molecule has 19 heavy (non-hydrogen) atoms. The first-order valence-electron chi connectivity index (χ1n) is 5.26. The fourth-order valence-corrected chi connectivity index (χ4v) is 1.66. The Bertz CT molecular complexity index is 615. The Morgan fingerprint density at radius 2 is 1.95 bits per heavy atom. The molecule has 0 unspecified atom stereocenters. The standard InChI is InChI=1S/C12H9ClN4O2/c13-8-3-5-9(6-4-8)17(14)11-10(12(18)16-19)2-1-7-15-11/h1-7H,14H2. The zero-order chi connectivity index (χ0) is 13.8. The zero-order valence-corrected chi connectivity index (χ0v) is 10.4. The number of halogens is 1. The molecular weight excluding hydrogens is 268 g/mol. The summed E-state index contributed by atoms with van der Waals surface area (Å²) < 4.78 is 0. The number of amides is 1. The van der Waals surface area contributed by atoms with Crippen LogP contribution in [-0.2, 0) is 0 Å². The SMILES string of the molecule is NN(c1ccc(Cl)cc1)c1ncccc1C(=O)N=O. The average molecular weight is 277 g/mol. The third-order valence-corrected chi connectivity index (χ3v) is 2.68. The van der Waals surface area contributed by atoms with Gasteiger partial charge in [0.25, 0.3) is 0 Å². The molecule has 0 bridgehead atoms. The van der Waals surface area contributed by atoms with Gasteiger partial charge >= 0.3 is 5.91 Å². The van der Waals surface area contributed by atoms with Crippen molar-refractivity contribution in [3.63, 3.8) is 0 Å². The van der Waals surface area contributed by atoms with Gasteiger partial charge in [-0.25, -0.2) is 10.8 Å². The Morgan fingerprint density at radius 3 is 2.58 bits per heavy atom. The maximum atomic E-state index is 11.4. The van der Waals surface area contributed by atoms with Gasteiger partial charge in [-0.2, -0.15) is 0 Å². The summed E-state index contributed by atoms with van der Waals surface area (Å²) in [7, 11) is 0. The van der Waals surface area contributed by atoms with E-state index >= 15 is 0 Å². The van der Waals surface area contributed by atoms with Crippen molar-refractivity contribution in [3.8, 4) is 0 Å². The number of carbonyl (C=O) groups excluding carboxylic acids is 1. The maximum absolute atomic E-state index is 11.4. The normalized spacial score (nSPS) is 10.0. The first-order chi connectivity index (χ1) is 9.13. The quantitative estimate of drug-likeness (QED) is 0.529. The van der Waals surface area contributed by atoms with Crippen LogP contribution in [0.1, 0.15) is 10.4 Å². The zero-order valence-electron chi connectivity index (χ0n) is 9.65. The molecule has 6 nitrogen and oxygen atoms in total. The molecule has 0 saturated carbocycles. The number of rotatable bonds is 3. The van der Waals surface area contributed by atoms with E-state index in [0.29, 0.717) is 10.7 Å². The molecule has 0 radical (unpaired) electrons. The summed E-state index contributed by atoms with van der Waals surface area (Å²) in [6, 6.07) is 9.59. The highest BCUT2D eigenvalue weighted by atomic mass is 35.5. The van der Waals surface area contributed by atoms with Crippen molar-refractivity contribution < 1.29 is 4.79 Å². The topological polar surface area (TPSA) is 88.7 Å². The van der Waals surface area contributed by atoms with Crippen molar-refractivity contribution in [2.75, 3.05) is 5.01 Å². The van der Waals surface area contributed by atoms with Crippen LogP contribution in [0.3, 0.4) is 0 Å². The van der Waals surface area contributed by atoms with Crippen molar-refractivity contribution in [1.29, 1.82) is 0 Å². The number of hydrogen-bond donors (Lipinski definition) is 1. The highest BCUT2D eigenvalue weighted by Crippen LogP contribution is 2.24. The minimum Gasteiger partial charge on any atom is -0.263 e. The Balaban J connectivity index is 2.44. The molecule has 96 valence electrons. The molecule has 0 aliphatic heterocycles. The molecule has 7 heteroatoms. The fourth-order valence-electron chi connectivity index (χ4n) is 1.53. The lowest BCUT2D eigenvalue weighted by Crippen LogP contribution is -2.27. The summed E-state index contributed by atoms with van der Waals surface area (Å²) in [4.78, 5) is 25.8. The molecule has 2 rings (SSSR count). The third kappa shape index (κ3) is 2.75. The number of nitrogens with zero attached hydrogens (tertiary/aromatic N) is 3. The molecule has 0 saturated heterocycles. The second-order valence-electron chi connectivity index (χ2n) is 3.62. The van der Waals surface area contributed by atoms with E-state index in [9.17, 15) is 9.70 Å². The Labute approximate surface area is 113 Å². The third-order valence-electron chi connectivity index (χ3n) is 2.43. The largest absolute Gasteiger partial charge is 0.320 e. The Hall–Kier alpha value is -2.31. The maximum Gasteiger partial charge on any atom is 0.320 e. The van der Waals surface area contributed by atoms with Crippen LogP contribution < -0.4 is 10.9 Å². The van der Waals surface area contributed by atoms with E-state index in [1.54, 1.807) is 24.3 Å². The van der Waals surface area contributed by atoms with Gasteiger partial charge in [-0.3, -0.25) is 9.80 Å². The van der Waals surface area contributed by atoms with Crippen LogP contribution in [-0.4, -0.2) is 10.9 Å². The van der Waals surface area contributed by atoms with E-state index in [0.717, 1.165) is 0 Å². The van der Waals surface area contributed by atoms with Gasteiger partial charge in [0, 0.05) is 16.4 Å².